The van der Waals surface area contributed by atoms with Crippen LogP contribution in [0, 0.1) is 0 Å². The molecule has 0 aliphatic carbocycles. The highest BCUT2D eigenvalue weighted by atomic mass is 19.4. The molecule has 2 rings (SSSR count). The Hall–Kier alpha value is -2.50. The molecule has 6 heteroatoms. The number of alkyl halides is 3. The molecule has 0 saturated carbocycles. The molecule has 0 aliphatic heterocycles. The van der Waals surface area contributed by atoms with Crippen molar-refractivity contribution in [1.82, 2.24) is 0 Å². The number of anilines is 1. The number of carbonyl (C=O) groups excluding carboxylic acids is 1. The van der Waals surface area contributed by atoms with Crippen molar-refractivity contribution in [3.8, 4) is 11.1 Å². The van der Waals surface area contributed by atoms with Crippen LogP contribution in [0.4, 0.5) is 18.9 Å². The topological polar surface area (TPSA) is 52.3 Å². The van der Waals surface area contributed by atoms with Crippen LogP contribution in [0.2, 0.25) is 0 Å². The zero-order chi connectivity index (χ0) is 15.6. The van der Waals surface area contributed by atoms with Gasteiger partial charge in [-0.1, -0.05) is 24.3 Å². The molecule has 0 amide bonds. The van der Waals surface area contributed by atoms with E-state index in [2.05, 4.69) is 4.74 Å². The number of ether oxygens (including phenoxy) is 1. The van der Waals surface area contributed by atoms with E-state index in [9.17, 15) is 18.0 Å². The van der Waals surface area contributed by atoms with Crippen LogP contribution in [-0.2, 0) is 10.9 Å². The van der Waals surface area contributed by atoms with Crippen molar-refractivity contribution in [1.29, 1.82) is 0 Å². The van der Waals surface area contributed by atoms with Crippen molar-refractivity contribution in [2.45, 2.75) is 6.18 Å². The Morgan fingerprint density at radius 1 is 1.14 bits per heavy atom. The first kappa shape index (κ1) is 14.9. The highest BCUT2D eigenvalue weighted by Crippen LogP contribution is 2.34. The molecule has 0 bridgehead atoms. The van der Waals surface area contributed by atoms with Crippen LogP contribution in [0.15, 0.2) is 42.5 Å². The molecule has 3 nitrogen and oxygen atoms in total. The highest BCUT2D eigenvalue weighted by Gasteiger charge is 2.30. The number of para-hydroxylation sites is 1. The fourth-order valence-electron chi connectivity index (χ4n) is 1.97. The molecule has 0 unspecified atom stereocenters. The van der Waals surface area contributed by atoms with E-state index in [1.807, 2.05) is 0 Å². The fraction of sp³-hybridized carbons (Fsp3) is 0.133. The van der Waals surface area contributed by atoms with Gasteiger partial charge in [-0.05, 0) is 23.8 Å². The Labute approximate surface area is 119 Å². The molecule has 2 aromatic rings. The third-order valence-electron chi connectivity index (χ3n) is 3.01. The van der Waals surface area contributed by atoms with Gasteiger partial charge in [0, 0.05) is 5.56 Å². The van der Waals surface area contributed by atoms with E-state index in [4.69, 9.17) is 5.73 Å². The summed E-state index contributed by atoms with van der Waals surface area (Å²) in [6.07, 6.45) is -4.44. The van der Waals surface area contributed by atoms with Crippen LogP contribution >= 0.6 is 0 Å². The van der Waals surface area contributed by atoms with Gasteiger partial charge in [-0.3, -0.25) is 0 Å². The Kier molecular flexibility index (Phi) is 3.88. The third-order valence-corrected chi connectivity index (χ3v) is 3.01. The Morgan fingerprint density at radius 3 is 2.43 bits per heavy atom. The zero-order valence-corrected chi connectivity index (χ0v) is 11.1. The molecule has 2 N–H and O–H groups in total. The summed E-state index contributed by atoms with van der Waals surface area (Å²) in [5.74, 6) is -0.638. The molecule has 0 atom stereocenters. The first-order chi connectivity index (χ1) is 9.84. The molecular weight excluding hydrogens is 283 g/mol. The minimum Gasteiger partial charge on any atom is -0.465 e. The third kappa shape index (κ3) is 2.99. The van der Waals surface area contributed by atoms with Crippen molar-refractivity contribution in [3.05, 3.63) is 53.6 Å². The summed E-state index contributed by atoms with van der Waals surface area (Å²) < 4.78 is 42.8. The number of hydrogen-bond donors (Lipinski definition) is 1. The molecule has 0 spiro atoms. The largest absolute Gasteiger partial charge is 0.465 e. The number of rotatable bonds is 2. The van der Waals surface area contributed by atoms with Crippen LogP contribution in [0.1, 0.15) is 15.9 Å². The number of esters is 1. The maximum Gasteiger partial charge on any atom is 0.416 e. The first-order valence-corrected chi connectivity index (χ1v) is 5.99. The average Bonchev–Trinajstić information content (AvgIpc) is 2.46. The van der Waals surface area contributed by atoms with E-state index < -0.39 is 17.7 Å². The van der Waals surface area contributed by atoms with Gasteiger partial charge >= 0.3 is 12.1 Å². The number of halogens is 3. The fourth-order valence-corrected chi connectivity index (χ4v) is 1.97. The predicted octanol–water partition coefficient (Wildman–Crippen LogP) is 3.74. The molecular formula is C15H12F3NO2. The van der Waals surface area contributed by atoms with Gasteiger partial charge in [0.2, 0.25) is 0 Å². The smallest absolute Gasteiger partial charge is 0.416 e. The summed E-state index contributed by atoms with van der Waals surface area (Å²) in [5, 5.41) is 0. The lowest BCUT2D eigenvalue weighted by molar-refractivity contribution is -0.137. The number of hydrogen-bond acceptors (Lipinski definition) is 3. The van der Waals surface area contributed by atoms with Crippen LogP contribution in [0.3, 0.4) is 0 Å². The maximum absolute atomic E-state index is 12.7. The number of benzene rings is 2. The number of nitrogens with two attached hydrogens (primary N) is 1. The number of nitrogen functional groups attached to an aromatic ring is 1. The summed E-state index contributed by atoms with van der Waals surface area (Å²) in [4.78, 5) is 11.6. The van der Waals surface area contributed by atoms with E-state index in [1.54, 1.807) is 6.07 Å². The minimum absolute atomic E-state index is 0.0867. The molecule has 110 valence electrons. The quantitative estimate of drug-likeness (QED) is 0.678. The van der Waals surface area contributed by atoms with E-state index >= 15 is 0 Å². The molecule has 0 aliphatic rings. The second-order valence-corrected chi connectivity index (χ2v) is 4.34. The van der Waals surface area contributed by atoms with E-state index in [0.29, 0.717) is 5.56 Å². The Morgan fingerprint density at radius 2 is 1.81 bits per heavy atom. The monoisotopic (exact) mass is 295 g/mol. The molecule has 0 radical (unpaired) electrons. The van der Waals surface area contributed by atoms with Gasteiger partial charge < -0.3 is 10.5 Å². The lowest BCUT2D eigenvalue weighted by atomic mass is 9.98. The van der Waals surface area contributed by atoms with Crippen molar-refractivity contribution >= 4 is 11.7 Å². The van der Waals surface area contributed by atoms with Crippen molar-refractivity contribution in [2.24, 2.45) is 0 Å². The first-order valence-electron chi connectivity index (χ1n) is 5.99. The van der Waals surface area contributed by atoms with Gasteiger partial charge in [0.1, 0.15) is 0 Å². The average molecular weight is 295 g/mol. The van der Waals surface area contributed by atoms with Crippen molar-refractivity contribution in [2.75, 3.05) is 12.8 Å². The summed E-state index contributed by atoms with van der Waals surface area (Å²) in [6.45, 7) is 0. The molecule has 21 heavy (non-hydrogen) atoms. The van der Waals surface area contributed by atoms with Crippen LogP contribution in [-0.4, -0.2) is 13.1 Å². The van der Waals surface area contributed by atoms with Gasteiger partial charge in [0.05, 0.1) is 23.9 Å². The molecule has 0 heterocycles. The predicted molar refractivity (Wildman–Crippen MR) is 72.6 cm³/mol. The van der Waals surface area contributed by atoms with Gasteiger partial charge in [-0.2, -0.15) is 13.2 Å². The molecule has 2 aromatic carbocycles. The SMILES string of the molecule is COC(=O)c1cccc(-c2cccc(C(F)(F)F)c2)c1N. The summed E-state index contributed by atoms with van der Waals surface area (Å²) in [5.41, 5.74) is 5.93. The summed E-state index contributed by atoms with van der Waals surface area (Å²) in [6, 6.07) is 9.31. The highest BCUT2D eigenvalue weighted by molar-refractivity contribution is 5.99. The Balaban J connectivity index is 2.55. The maximum atomic E-state index is 12.7. The second kappa shape index (κ2) is 5.47. The van der Waals surface area contributed by atoms with Crippen LogP contribution < -0.4 is 5.73 Å². The van der Waals surface area contributed by atoms with Crippen LogP contribution in [0.25, 0.3) is 11.1 Å². The summed E-state index contributed by atoms with van der Waals surface area (Å²) in [7, 11) is 1.21. The van der Waals surface area contributed by atoms with Crippen LogP contribution in [0.5, 0.6) is 0 Å². The minimum atomic E-state index is -4.44. The summed E-state index contributed by atoms with van der Waals surface area (Å²) >= 11 is 0. The Bertz CT molecular complexity index is 681. The zero-order valence-electron chi connectivity index (χ0n) is 11.1. The number of methoxy groups -OCH3 is 1. The molecule has 0 fully saturated rings. The molecule has 0 saturated heterocycles. The van der Waals surface area contributed by atoms with E-state index in [0.717, 1.165) is 12.1 Å². The van der Waals surface area contributed by atoms with Gasteiger partial charge in [0.15, 0.2) is 0 Å². The van der Waals surface area contributed by atoms with Crippen molar-refractivity contribution < 1.29 is 22.7 Å². The van der Waals surface area contributed by atoms with Gasteiger partial charge in [-0.25, -0.2) is 4.79 Å². The standard InChI is InChI=1S/C15H12F3NO2/c1-21-14(20)12-7-3-6-11(13(12)19)9-4-2-5-10(8-9)15(16,17)18/h2-8H,19H2,1H3. The normalized spacial score (nSPS) is 11.2. The van der Waals surface area contributed by atoms with Gasteiger partial charge in [0.25, 0.3) is 0 Å². The van der Waals surface area contributed by atoms with E-state index in [-0.39, 0.29) is 16.8 Å². The second-order valence-electron chi connectivity index (χ2n) is 4.34. The molecule has 0 aromatic heterocycles. The lowest BCUT2D eigenvalue weighted by Crippen LogP contribution is -2.07. The lowest BCUT2D eigenvalue weighted by Gasteiger charge is -2.12. The number of carbonyl (C=O) groups is 1. The van der Waals surface area contributed by atoms with E-state index in [1.165, 1.54) is 31.4 Å². The van der Waals surface area contributed by atoms with Gasteiger partial charge in [-0.15, -0.1) is 0 Å². The van der Waals surface area contributed by atoms with Crippen molar-refractivity contribution in [3.63, 3.8) is 0 Å².